The van der Waals surface area contributed by atoms with Crippen molar-refractivity contribution in [2.45, 2.75) is 19.4 Å². The number of hydrogen-bond donors (Lipinski definition) is 3. The highest BCUT2D eigenvalue weighted by atomic mass is 32.1. The summed E-state index contributed by atoms with van der Waals surface area (Å²) in [6, 6.07) is 11.8. The molecule has 0 radical (unpaired) electrons. The normalized spacial score (nSPS) is 11.9. The van der Waals surface area contributed by atoms with Gasteiger partial charge >= 0.3 is 6.03 Å². The summed E-state index contributed by atoms with van der Waals surface area (Å²) in [6.45, 7) is 2.25. The van der Waals surface area contributed by atoms with E-state index in [0.717, 1.165) is 11.3 Å². The topological polar surface area (TPSA) is 61.4 Å². The second-order valence-electron chi connectivity index (χ2n) is 4.83. The zero-order valence-corrected chi connectivity index (χ0v) is 12.8. The molecule has 1 aromatic heterocycles. The summed E-state index contributed by atoms with van der Waals surface area (Å²) < 4.78 is 0. The summed E-state index contributed by atoms with van der Waals surface area (Å²) in [6.07, 6.45) is 0.745. The van der Waals surface area contributed by atoms with Gasteiger partial charge in [0.15, 0.2) is 0 Å². The molecule has 0 spiro atoms. The maximum absolute atomic E-state index is 11.9. The van der Waals surface area contributed by atoms with Crippen LogP contribution in [-0.4, -0.2) is 24.3 Å². The molecule has 1 heterocycles. The summed E-state index contributed by atoms with van der Waals surface area (Å²) in [4.78, 5) is 13.0. The molecule has 2 rings (SSSR count). The van der Waals surface area contributed by atoms with Gasteiger partial charge < -0.3 is 15.7 Å². The molecule has 1 unspecified atom stereocenters. The largest absolute Gasteiger partial charge is 0.395 e. The van der Waals surface area contributed by atoms with Gasteiger partial charge in [0.25, 0.3) is 0 Å². The third-order valence-corrected chi connectivity index (χ3v) is 4.34. The van der Waals surface area contributed by atoms with Crippen LogP contribution in [0, 0.1) is 6.92 Å². The minimum absolute atomic E-state index is 0.0607. The van der Waals surface area contributed by atoms with Gasteiger partial charge in [-0.15, -0.1) is 11.3 Å². The SMILES string of the molecule is Cc1ccsc1C(Cc1ccccc1)NC(=O)NCCO. The Morgan fingerprint density at radius 3 is 2.67 bits per heavy atom. The van der Waals surface area contributed by atoms with Gasteiger partial charge in [-0.25, -0.2) is 4.79 Å². The Balaban J connectivity index is 2.11. The van der Waals surface area contributed by atoms with Crippen LogP contribution < -0.4 is 10.6 Å². The third kappa shape index (κ3) is 4.58. The predicted molar refractivity (Wildman–Crippen MR) is 85.6 cm³/mol. The third-order valence-electron chi connectivity index (χ3n) is 3.20. The average Bonchev–Trinajstić information content (AvgIpc) is 2.91. The Bertz CT molecular complexity index is 569. The van der Waals surface area contributed by atoms with Gasteiger partial charge in [0.05, 0.1) is 12.6 Å². The smallest absolute Gasteiger partial charge is 0.315 e. The summed E-state index contributed by atoms with van der Waals surface area (Å²) in [5.41, 5.74) is 2.36. The highest BCUT2D eigenvalue weighted by Crippen LogP contribution is 2.26. The molecule has 112 valence electrons. The zero-order chi connectivity index (χ0) is 15.1. The molecule has 0 bridgehead atoms. The summed E-state index contributed by atoms with van der Waals surface area (Å²) in [5.74, 6) is 0. The molecule has 2 amide bonds. The van der Waals surface area contributed by atoms with Crippen molar-refractivity contribution in [2.24, 2.45) is 0 Å². The predicted octanol–water partition coefficient (Wildman–Crippen LogP) is 2.63. The number of carbonyl (C=O) groups excluding carboxylic acids is 1. The van der Waals surface area contributed by atoms with Crippen LogP contribution in [0.2, 0.25) is 0 Å². The minimum Gasteiger partial charge on any atom is -0.395 e. The zero-order valence-electron chi connectivity index (χ0n) is 12.0. The van der Waals surface area contributed by atoms with Crippen molar-refractivity contribution in [1.82, 2.24) is 10.6 Å². The van der Waals surface area contributed by atoms with Gasteiger partial charge in [-0.2, -0.15) is 0 Å². The monoisotopic (exact) mass is 304 g/mol. The Morgan fingerprint density at radius 1 is 1.29 bits per heavy atom. The van der Waals surface area contributed by atoms with Gasteiger partial charge in [0, 0.05) is 11.4 Å². The van der Waals surface area contributed by atoms with Crippen molar-refractivity contribution < 1.29 is 9.90 Å². The first-order chi connectivity index (χ1) is 10.2. The average molecular weight is 304 g/mol. The van der Waals surface area contributed by atoms with E-state index in [9.17, 15) is 4.79 Å². The number of urea groups is 1. The molecule has 1 atom stereocenters. The van der Waals surface area contributed by atoms with Crippen molar-refractivity contribution in [1.29, 1.82) is 0 Å². The standard InChI is InChI=1S/C16H20N2O2S/c1-12-7-10-21-15(12)14(18-16(20)17-8-9-19)11-13-5-3-2-4-6-13/h2-7,10,14,19H,8-9,11H2,1H3,(H2,17,18,20). The van der Waals surface area contributed by atoms with Crippen molar-refractivity contribution in [2.75, 3.05) is 13.2 Å². The van der Waals surface area contributed by atoms with Crippen LogP contribution in [0.5, 0.6) is 0 Å². The van der Waals surface area contributed by atoms with Gasteiger partial charge in [0.1, 0.15) is 0 Å². The fraction of sp³-hybridized carbons (Fsp3) is 0.312. The van der Waals surface area contributed by atoms with E-state index in [1.165, 1.54) is 11.1 Å². The van der Waals surface area contributed by atoms with Gasteiger partial charge in [-0.3, -0.25) is 0 Å². The lowest BCUT2D eigenvalue weighted by atomic mass is 10.0. The number of aliphatic hydroxyl groups is 1. The molecule has 0 saturated carbocycles. The molecule has 2 aromatic rings. The first-order valence-corrected chi connectivity index (χ1v) is 7.82. The fourth-order valence-corrected chi connectivity index (χ4v) is 3.16. The van der Waals surface area contributed by atoms with Gasteiger partial charge in [-0.05, 0) is 35.9 Å². The molecule has 21 heavy (non-hydrogen) atoms. The number of rotatable bonds is 6. The van der Waals surface area contributed by atoms with Crippen LogP contribution in [0.1, 0.15) is 22.0 Å². The Kier molecular flexibility index (Phi) is 5.78. The first-order valence-electron chi connectivity index (χ1n) is 6.94. The van der Waals surface area contributed by atoms with Crippen LogP contribution in [-0.2, 0) is 6.42 Å². The molecule has 0 saturated heterocycles. The quantitative estimate of drug-likeness (QED) is 0.768. The van der Waals surface area contributed by atoms with Gasteiger partial charge in [0.2, 0.25) is 0 Å². The molecular formula is C16H20N2O2S. The Hall–Kier alpha value is -1.85. The Morgan fingerprint density at radius 2 is 2.05 bits per heavy atom. The molecule has 1 aromatic carbocycles. The van der Waals surface area contributed by atoms with Crippen LogP contribution in [0.3, 0.4) is 0 Å². The number of benzene rings is 1. The molecule has 5 heteroatoms. The molecule has 0 aliphatic heterocycles. The van der Waals surface area contributed by atoms with Crippen LogP contribution >= 0.6 is 11.3 Å². The number of amides is 2. The highest BCUT2D eigenvalue weighted by Gasteiger charge is 2.18. The lowest BCUT2D eigenvalue weighted by Gasteiger charge is -2.19. The van der Waals surface area contributed by atoms with E-state index in [2.05, 4.69) is 35.8 Å². The summed E-state index contributed by atoms with van der Waals surface area (Å²) in [7, 11) is 0. The molecule has 0 fully saturated rings. The van der Waals surface area contributed by atoms with Crippen LogP contribution in [0.15, 0.2) is 41.8 Å². The summed E-state index contributed by atoms with van der Waals surface area (Å²) in [5, 5.41) is 16.4. The second-order valence-corrected chi connectivity index (χ2v) is 5.78. The second kappa shape index (κ2) is 7.81. The lowest BCUT2D eigenvalue weighted by Crippen LogP contribution is -2.39. The summed E-state index contributed by atoms with van der Waals surface area (Å²) >= 11 is 1.65. The molecule has 0 aliphatic rings. The van der Waals surface area contributed by atoms with E-state index in [-0.39, 0.29) is 25.2 Å². The van der Waals surface area contributed by atoms with E-state index in [1.807, 2.05) is 23.6 Å². The molecule has 3 N–H and O–H groups in total. The number of aryl methyl sites for hydroxylation is 1. The lowest BCUT2D eigenvalue weighted by molar-refractivity contribution is 0.230. The first kappa shape index (κ1) is 15.5. The van der Waals surface area contributed by atoms with E-state index < -0.39 is 0 Å². The van der Waals surface area contributed by atoms with Crippen molar-refractivity contribution in [3.8, 4) is 0 Å². The van der Waals surface area contributed by atoms with E-state index in [0.29, 0.717) is 0 Å². The molecule has 4 nitrogen and oxygen atoms in total. The van der Waals surface area contributed by atoms with Crippen LogP contribution in [0.4, 0.5) is 4.79 Å². The minimum atomic E-state index is -0.252. The van der Waals surface area contributed by atoms with Crippen molar-refractivity contribution in [3.05, 3.63) is 57.8 Å². The van der Waals surface area contributed by atoms with Crippen LogP contribution in [0.25, 0.3) is 0 Å². The maximum Gasteiger partial charge on any atom is 0.315 e. The number of nitrogens with one attached hydrogen (secondary N) is 2. The fourth-order valence-electron chi connectivity index (χ4n) is 2.18. The highest BCUT2D eigenvalue weighted by molar-refractivity contribution is 7.10. The van der Waals surface area contributed by atoms with Gasteiger partial charge in [-0.1, -0.05) is 30.3 Å². The number of aliphatic hydroxyl groups excluding tert-OH is 1. The van der Waals surface area contributed by atoms with E-state index in [4.69, 9.17) is 5.11 Å². The maximum atomic E-state index is 11.9. The van der Waals surface area contributed by atoms with E-state index in [1.54, 1.807) is 11.3 Å². The van der Waals surface area contributed by atoms with Crippen molar-refractivity contribution >= 4 is 17.4 Å². The number of thiophene rings is 1. The Labute approximate surface area is 128 Å². The molecule has 0 aliphatic carbocycles. The molecular weight excluding hydrogens is 284 g/mol. The number of carbonyl (C=O) groups is 1. The van der Waals surface area contributed by atoms with Crippen molar-refractivity contribution in [3.63, 3.8) is 0 Å². The van der Waals surface area contributed by atoms with E-state index >= 15 is 0 Å². The number of hydrogen-bond acceptors (Lipinski definition) is 3.